The fraction of sp³-hybridized carbons (Fsp3) is 0.667. The van der Waals surface area contributed by atoms with Gasteiger partial charge in [0.15, 0.2) is 0 Å². The van der Waals surface area contributed by atoms with E-state index in [1.54, 1.807) is 0 Å². The molecule has 0 saturated heterocycles. The summed E-state index contributed by atoms with van der Waals surface area (Å²) in [5, 5.41) is 11.4. The molecule has 5 nitrogen and oxygen atoms in total. The molecule has 0 radical (unpaired) electrons. The largest absolute Gasteiger partial charge is 0.311 e. The van der Waals surface area contributed by atoms with Crippen LogP contribution in [-0.2, 0) is 13.1 Å². The fourth-order valence-electron chi connectivity index (χ4n) is 1.59. The average molecular weight is 237 g/mol. The van der Waals surface area contributed by atoms with Crippen LogP contribution in [0.25, 0.3) is 0 Å². The quantitative estimate of drug-likeness (QED) is 0.682. The van der Waals surface area contributed by atoms with Gasteiger partial charge < -0.3 is 10.2 Å². The van der Waals surface area contributed by atoms with Gasteiger partial charge in [0.05, 0.1) is 12.2 Å². The molecule has 0 atom stereocenters. The molecule has 0 aliphatic rings. The van der Waals surface area contributed by atoms with E-state index in [1.165, 1.54) is 5.57 Å². The van der Waals surface area contributed by atoms with Crippen molar-refractivity contribution in [3.8, 4) is 0 Å². The first kappa shape index (κ1) is 13.9. The van der Waals surface area contributed by atoms with E-state index in [1.807, 2.05) is 17.8 Å². The third-order valence-electron chi connectivity index (χ3n) is 2.39. The molecule has 0 saturated carbocycles. The molecule has 0 fully saturated rings. The minimum atomic E-state index is 0.790. The lowest BCUT2D eigenvalue weighted by Gasteiger charge is -2.15. The molecule has 1 rings (SSSR count). The van der Waals surface area contributed by atoms with Crippen molar-refractivity contribution < 1.29 is 0 Å². The number of nitrogens with zero attached hydrogens (tertiary/aromatic N) is 4. The van der Waals surface area contributed by atoms with Crippen LogP contribution < -0.4 is 5.32 Å². The van der Waals surface area contributed by atoms with Gasteiger partial charge in [-0.05, 0) is 20.5 Å². The van der Waals surface area contributed by atoms with Crippen LogP contribution in [0.15, 0.2) is 18.3 Å². The van der Waals surface area contributed by atoms with Crippen molar-refractivity contribution >= 4 is 0 Å². The van der Waals surface area contributed by atoms with Gasteiger partial charge in [-0.3, -0.25) is 4.68 Å². The number of aromatic nitrogens is 3. The zero-order valence-corrected chi connectivity index (χ0v) is 11.1. The van der Waals surface area contributed by atoms with Gasteiger partial charge in [-0.1, -0.05) is 24.3 Å². The zero-order chi connectivity index (χ0) is 12.7. The van der Waals surface area contributed by atoms with E-state index >= 15 is 0 Å². The molecular formula is C12H23N5. The number of rotatable bonds is 8. The van der Waals surface area contributed by atoms with Crippen molar-refractivity contribution in [3.63, 3.8) is 0 Å². The van der Waals surface area contributed by atoms with Crippen molar-refractivity contribution in [1.29, 1.82) is 0 Å². The summed E-state index contributed by atoms with van der Waals surface area (Å²) in [6.45, 7) is 12.5. The van der Waals surface area contributed by atoms with E-state index < -0.39 is 0 Å². The summed E-state index contributed by atoms with van der Waals surface area (Å²) in [6.07, 6.45) is 2.00. The SMILES string of the molecule is C=C(C)CN(C)CCn1cc(CNCC)nn1. The van der Waals surface area contributed by atoms with Crippen molar-refractivity contribution in [3.05, 3.63) is 24.0 Å². The molecule has 5 heteroatoms. The van der Waals surface area contributed by atoms with Gasteiger partial charge in [0.2, 0.25) is 0 Å². The first-order valence-corrected chi connectivity index (χ1v) is 6.04. The van der Waals surface area contributed by atoms with Crippen LogP contribution >= 0.6 is 0 Å². The maximum atomic E-state index is 4.11. The van der Waals surface area contributed by atoms with Crippen molar-refractivity contribution in [1.82, 2.24) is 25.2 Å². The second-order valence-electron chi connectivity index (χ2n) is 4.45. The van der Waals surface area contributed by atoms with E-state index in [4.69, 9.17) is 0 Å². The third kappa shape index (κ3) is 5.60. The lowest BCUT2D eigenvalue weighted by molar-refractivity contribution is 0.334. The molecule has 1 heterocycles. The van der Waals surface area contributed by atoms with Gasteiger partial charge in [-0.15, -0.1) is 5.10 Å². The Hall–Kier alpha value is -1.20. The van der Waals surface area contributed by atoms with Crippen LogP contribution in [0.3, 0.4) is 0 Å². The first-order valence-electron chi connectivity index (χ1n) is 6.04. The Labute approximate surface area is 103 Å². The van der Waals surface area contributed by atoms with Crippen LogP contribution in [0.1, 0.15) is 19.5 Å². The topological polar surface area (TPSA) is 46.0 Å². The predicted molar refractivity (Wildman–Crippen MR) is 69.7 cm³/mol. The fourth-order valence-corrected chi connectivity index (χ4v) is 1.59. The van der Waals surface area contributed by atoms with Crippen molar-refractivity contribution in [2.45, 2.75) is 26.9 Å². The van der Waals surface area contributed by atoms with Gasteiger partial charge in [-0.25, -0.2) is 0 Å². The molecule has 17 heavy (non-hydrogen) atoms. The molecule has 0 spiro atoms. The lowest BCUT2D eigenvalue weighted by atomic mass is 10.3. The van der Waals surface area contributed by atoms with Crippen LogP contribution in [0.5, 0.6) is 0 Å². The summed E-state index contributed by atoms with van der Waals surface area (Å²) in [5.41, 5.74) is 2.17. The molecule has 1 aromatic rings. The highest BCUT2D eigenvalue weighted by Crippen LogP contribution is 1.95. The maximum Gasteiger partial charge on any atom is 0.0964 e. The van der Waals surface area contributed by atoms with Gasteiger partial charge >= 0.3 is 0 Å². The second-order valence-corrected chi connectivity index (χ2v) is 4.45. The van der Waals surface area contributed by atoms with Crippen LogP contribution in [0.2, 0.25) is 0 Å². The van der Waals surface area contributed by atoms with E-state index in [2.05, 4.69) is 41.1 Å². The number of hydrogen-bond acceptors (Lipinski definition) is 4. The molecule has 1 N–H and O–H groups in total. The highest BCUT2D eigenvalue weighted by atomic mass is 15.4. The molecule has 1 aromatic heterocycles. The lowest BCUT2D eigenvalue weighted by Crippen LogP contribution is -2.25. The molecule has 0 aliphatic heterocycles. The molecule has 0 aliphatic carbocycles. The molecule has 0 unspecified atom stereocenters. The summed E-state index contributed by atoms with van der Waals surface area (Å²) < 4.78 is 1.89. The van der Waals surface area contributed by atoms with E-state index in [-0.39, 0.29) is 0 Å². The molecular weight excluding hydrogens is 214 g/mol. The smallest absolute Gasteiger partial charge is 0.0964 e. The highest BCUT2D eigenvalue weighted by molar-refractivity contribution is 4.92. The standard InChI is InChI=1S/C12H23N5/c1-5-13-8-12-10-17(15-14-12)7-6-16(4)9-11(2)3/h10,13H,2,5-9H2,1,3-4H3. The molecule has 0 bridgehead atoms. The first-order chi connectivity index (χ1) is 8.11. The van der Waals surface area contributed by atoms with Crippen LogP contribution in [0.4, 0.5) is 0 Å². The number of hydrogen-bond donors (Lipinski definition) is 1. The Kier molecular flexibility index (Phi) is 5.86. The van der Waals surface area contributed by atoms with Gasteiger partial charge in [0.1, 0.15) is 0 Å². The number of nitrogens with one attached hydrogen (secondary N) is 1. The number of likely N-dealkylation sites (N-methyl/N-ethyl adjacent to an activating group) is 1. The molecule has 0 amide bonds. The average Bonchev–Trinajstić information content (AvgIpc) is 2.70. The minimum absolute atomic E-state index is 0.790. The summed E-state index contributed by atoms with van der Waals surface area (Å²) in [5.74, 6) is 0. The summed E-state index contributed by atoms with van der Waals surface area (Å²) in [7, 11) is 2.09. The van der Waals surface area contributed by atoms with E-state index in [0.717, 1.165) is 38.4 Å². The predicted octanol–water partition coefficient (Wildman–Crippen LogP) is 0.895. The molecule has 0 aromatic carbocycles. The van der Waals surface area contributed by atoms with Gasteiger partial charge in [-0.2, -0.15) is 0 Å². The zero-order valence-electron chi connectivity index (χ0n) is 11.1. The normalized spacial score (nSPS) is 11.1. The van der Waals surface area contributed by atoms with E-state index in [9.17, 15) is 0 Å². The Balaban J connectivity index is 2.31. The van der Waals surface area contributed by atoms with Crippen molar-refractivity contribution in [2.24, 2.45) is 0 Å². The Bertz CT molecular complexity index is 344. The molecule has 96 valence electrons. The van der Waals surface area contributed by atoms with Crippen LogP contribution in [-0.4, -0.2) is 46.6 Å². The monoisotopic (exact) mass is 237 g/mol. The summed E-state index contributed by atoms with van der Waals surface area (Å²) in [6, 6.07) is 0. The minimum Gasteiger partial charge on any atom is -0.311 e. The van der Waals surface area contributed by atoms with Crippen LogP contribution in [0, 0.1) is 0 Å². The van der Waals surface area contributed by atoms with E-state index in [0.29, 0.717) is 0 Å². The Morgan fingerprint density at radius 2 is 2.35 bits per heavy atom. The van der Waals surface area contributed by atoms with Gasteiger partial charge in [0, 0.05) is 25.8 Å². The summed E-state index contributed by atoms with van der Waals surface area (Å²) in [4.78, 5) is 2.23. The van der Waals surface area contributed by atoms with Crippen molar-refractivity contribution in [2.75, 3.05) is 26.7 Å². The summed E-state index contributed by atoms with van der Waals surface area (Å²) >= 11 is 0. The Morgan fingerprint density at radius 1 is 1.59 bits per heavy atom. The second kappa shape index (κ2) is 7.19. The maximum absolute atomic E-state index is 4.11. The third-order valence-corrected chi connectivity index (χ3v) is 2.39. The Morgan fingerprint density at radius 3 is 3.00 bits per heavy atom. The highest BCUT2D eigenvalue weighted by Gasteiger charge is 2.02. The van der Waals surface area contributed by atoms with Gasteiger partial charge in [0.25, 0.3) is 0 Å².